The van der Waals surface area contributed by atoms with Crippen molar-refractivity contribution in [2.75, 3.05) is 0 Å². The molecule has 0 heterocycles. The quantitative estimate of drug-likeness (QED) is 0.601. The van der Waals surface area contributed by atoms with Crippen LogP contribution in [0, 0.1) is 21.7 Å². The number of non-ortho nitro benzene ring substituents is 1. The van der Waals surface area contributed by atoms with Gasteiger partial charge in [-0.3, -0.25) is 14.9 Å². The molecule has 1 aromatic carbocycles. The monoisotopic (exact) mass is 216 g/mol. The van der Waals surface area contributed by atoms with Gasteiger partial charge in [-0.1, -0.05) is 0 Å². The van der Waals surface area contributed by atoms with Crippen LogP contribution in [0.1, 0.15) is 5.56 Å². The van der Waals surface area contributed by atoms with Gasteiger partial charge in [0.05, 0.1) is 17.4 Å². The van der Waals surface area contributed by atoms with E-state index in [-0.39, 0.29) is 0 Å². The summed E-state index contributed by atoms with van der Waals surface area (Å²) >= 11 is 0. The minimum absolute atomic E-state index is 0.422. The van der Waals surface area contributed by atoms with E-state index in [0.29, 0.717) is 6.07 Å². The molecule has 5 nitrogen and oxygen atoms in total. The van der Waals surface area contributed by atoms with Gasteiger partial charge in [-0.25, -0.2) is 8.78 Å². The number of nitro groups is 1. The van der Waals surface area contributed by atoms with Crippen molar-refractivity contribution >= 4 is 11.6 Å². The molecule has 0 saturated heterocycles. The second-order valence-electron chi connectivity index (χ2n) is 2.80. The number of benzene rings is 1. The lowest BCUT2D eigenvalue weighted by atomic mass is 10.1. The minimum Gasteiger partial charge on any atom is -0.369 e. The first-order valence-corrected chi connectivity index (χ1v) is 3.82. The lowest BCUT2D eigenvalue weighted by molar-refractivity contribution is -0.385. The van der Waals surface area contributed by atoms with Crippen molar-refractivity contribution in [3.8, 4) is 0 Å². The first-order chi connectivity index (χ1) is 6.91. The standard InChI is InChI=1S/C8H6F2N2O3/c9-6-3-5(12(14)15)1-4(8(6)10)2-7(11)13/h1,3H,2H2,(H2,11,13). The van der Waals surface area contributed by atoms with Crippen LogP contribution in [0.15, 0.2) is 12.1 Å². The molecule has 0 unspecified atom stereocenters. The number of primary amides is 1. The van der Waals surface area contributed by atoms with Crippen LogP contribution in [0.3, 0.4) is 0 Å². The molecule has 1 amide bonds. The Labute approximate surface area is 82.6 Å². The molecule has 1 aromatic rings. The molecule has 7 heteroatoms. The van der Waals surface area contributed by atoms with Crippen molar-refractivity contribution in [3.63, 3.8) is 0 Å². The first kappa shape index (κ1) is 11.0. The van der Waals surface area contributed by atoms with Crippen LogP contribution in [-0.2, 0) is 11.2 Å². The van der Waals surface area contributed by atoms with Crippen LogP contribution in [0.25, 0.3) is 0 Å². The van der Waals surface area contributed by atoms with Crippen LogP contribution in [0.4, 0.5) is 14.5 Å². The zero-order chi connectivity index (χ0) is 11.6. The predicted molar refractivity (Wildman–Crippen MR) is 45.9 cm³/mol. The Bertz CT molecular complexity index is 434. The van der Waals surface area contributed by atoms with E-state index in [0.717, 1.165) is 6.07 Å². The highest BCUT2D eigenvalue weighted by Crippen LogP contribution is 2.20. The maximum absolute atomic E-state index is 13.0. The van der Waals surface area contributed by atoms with Gasteiger partial charge in [0.25, 0.3) is 5.69 Å². The highest BCUT2D eigenvalue weighted by molar-refractivity contribution is 5.76. The Morgan fingerprint density at radius 1 is 1.47 bits per heavy atom. The van der Waals surface area contributed by atoms with E-state index in [1.165, 1.54) is 0 Å². The third kappa shape index (κ3) is 2.46. The number of nitro benzene ring substituents is 1. The van der Waals surface area contributed by atoms with Crippen molar-refractivity contribution in [3.05, 3.63) is 39.4 Å². The molecule has 0 atom stereocenters. The van der Waals surface area contributed by atoms with Gasteiger partial charge in [0, 0.05) is 11.6 Å². The van der Waals surface area contributed by atoms with E-state index in [1.54, 1.807) is 0 Å². The summed E-state index contributed by atoms with van der Waals surface area (Å²) in [6.45, 7) is 0. The van der Waals surface area contributed by atoms with E-state index in [9.17, 15) is 23.7 Å². The maximum atomic E-state index is 13.0. The zero-order valence-electron chi connectivity index (χ0n) is 7.37. The van der Waals surface area contributed by atoms with Crippen LogP contribution in [-0.4, -0.2) is 10.8 Å². The van der Waals surface area contributed by atoms with Crippen molar-refractivity contribution < 1.29 is 18.5 Å². The van der Waals surface area contributed by atoms with Gasteiger partial charge in [-0.05, 0) is 0 Å². The van der Waals surface area contributed by atoms with Crippen LogP contribution < -0.4 is 5.73 Å². The third-order valence-corrected chi connectivity index (χ3v) is 1.66. The Balaban J connectivity index is 3.24. The SMILES string of the molecule is NC(=O)Cc1cc([N+](=O)[O-])cc(F)c1F. The second-order valence-corrected chi connectivity index (χ2v) is 2.80. The molecule has 0 bridgehead atoms. The van der Waals surface area contributed by atoms with Crippen molar-refractivity contribution in [1.82, 2.24) is 0 Å². The fraction of sp³-hybridized carbons (Fsp3) is 0.125. The second kappa shape index (κ2) is 3.99. The number of nitrogens with two attached hydrogens (primary N) is 1. The molecule has 15 heavy (non-hydrogen) atoms. The summed E-state index contributed by atoms with van der Waals surface area (Å²) in [5.74, 6) is -3.56. The van der Waals surface area contributed by atoms with E-state index < -0.39 is 40.1 Å². The molecule has 1 rings (SSSR count). The summed E-state index contributed by atoms with van der Waals surface area (Å²) in [5.41, 5.74) is 3.73. The largest absolute Gasteiger partial charge is 0.369 e. The van der Waals surface area contributed by atoms with Gasteiger partial charge >= 0.3 is 0 Å². The average Bonchev–Trinajstić information content (AvgIpc) is 2.11. The summed E-state index contributed by atoms with van der Waals surface area (Å²) in [5, 5.41) is 10.3. The van der Waals surface area contributed by atoms with Crippen LogP contribution in [0.2, 0.25) is 0 Å². The van der Waals surface area contributed by atoms with Gasteiger partial charge in [0.2, 0.25) is 5.91 Å². The molecule has 0 radical (unpaired) electrons. The summed E-state index contributed by atoms with van der Waals surface area (Å²) < 4.78 is 25.8. The number of hydrogen-bond acceptors (Lipinski definition) is 3. The molecule has 0 spiro atoms. The van der Waals surface area contributed by atoms with Crippen molar-refractivity contribution in [2.24, 2.45) is 5.73 Å². The number of hydrogen-bond donors (Lipinski definition) is 1. The summed E-state index contributed by atoms with van der Waals surface area (Å²) in [6, 6.07) is 1.23. The predicted octanol–water partition coefficient (Wildman–Crippen LogP) is 0.901. The fourth-order valence-electron chi connectivity index (χ4n) is 1.05. The van der Waals surface area contributed by atoms with Crippen molar-refractivity contribution in [2.45, 2.75) is 6.42 Å². The summed E-state index contributed by atoms with van der Waals surface area (Å²) in [7, 11) is 0. The van der Waals surface area contributed by atoms with Crippen LogP contribution >= 0.6 is 0 Å². The lowest BCUT2D eigenvalue weighted by Crippen LogP contribution is -2.15. The molecule has 0 saturated carbocycles. The third-order valence-electron chi connectivity index (χ3n) is 1.66. The number of rotatable bonds is 3. The average molecular weight is 216 g/mol. The fourth-order valence-corrected chi connectivity index (χ4v) is 1.05. The van der Waals surface area contributed by atoms with Gasteiger partial charge in [-0.15, -0.1) is 0 Å². The van der Waals surface area contributed by atoms with E-state index >= 15 is 0 Å². The molecule has 0 aromatic heterocycles. The maximum Gasteiger partial charge on any atom is 0.272 e. The summed E-state index contributed by atoms with van der Waals surface area (Å²) in [6.07, 6.45) is -0.579. The van der Waals surface area contributed by atoms with E-state index in [1.807, 2.05) is 0 Å². The molecule has 0 aliphatic carbocycles. The molecule has 0 aliphatic heterocycles. The normalized spacial score (nSPS) is 10.0. The Morgan fingerprint density at radius 2 is 2.07 bits per heavy atom. The highest BCUT2D eigenvalue weighted by Gasteiger charge is 2.17. The number of carbonyl (C=O) groups is 1. The Hall–Kier alpha value is -2.05. The van der Waals surface area contributed by atoms with Gasteiger partial charge in [0.1, 0.15) is 0 Å². The van der Waals surface area contributed by atoms with E-state index in [4.69, 9.17) is 5.73 Å². The zero-order valence-corrected chi connectivity index (χ0v) is 7.37. The molecular weight excluding hydrogens is 210 g/mol. The topological polar surface area (TPSA) is 86.2 Å². The van der Waals surface area contributed by atoms with Gasteiger partial charge < -0.3 is 5.73 Å². The molecular formula is C8H6F2N2O3. The van der Waals surface area contributed by atoms with Gasteiger partial charge in [-0.2, -0.15) is 0 Å². The number of carbonyl (C=O) groups excluding carboxylic acids is 1. The lowest BCUT2D eigenvalue weighted by Gasteiger charge is -2.01. The first-order valence-electron chi connectivity index (χ1n) is 3.82. The van der Waals surface area contributed by atoms with Crippen molar-refractivity contribution in [1.29, 1.82) is 0 Å². The molecule has 80 valence electrons. The van der Waals surface area contributed by atoms with Gasteiger partial charge in [0.15, 0.2) is 11.6 Å². The molecule has 0 aliphatic rings. The Kier molecular flexibility index (Phi) is 2.93. The summed E-state index contributed by atoms with van der Waals surface area (Å²) in [4.78, 5) is 19.9. The van der Waals surface area contributed by atoms with E-state index in [2.05, 4.69) is 0 Å². The molecule has 0 fully saturated rings. The molecule has 2 N–H and O–H groups in total. The highest BCUT2D eigenvalue weighted by atomic mass is 19.2. The number of nitrogens with zero attached hydrogens (tertiary/aromatic N) is 1. The Morgan fingerprint density at radius 3 is 2.53 bits per heavy atom. The van der Waals surface area contributed by atoms with Crippen LogP contribution in [0.5, 0.6) is 0 Å². The number of halogens is 2. The minimum atomic E-state index is -1.37. The smallest absolute Gasteiger partial charge is 0.272 e. The number of amides is 1.